The molecule has 0 atom stereocenters. The predicted molar refractivity (Wildman–Crippen MR) is 111 cm³/mol. The molecule has 0 aliphatic rings. The van der Waals surface area contributed by atoms with Crippen LogP contribution < -0.4 is 10.5 Å². The summed E-state index contributed by atoms with van der Waals surface area (Å²) in [5, 5.41) is 18.9. The highest BCUT2D eigenvalue weighted by Crippen LogP contribution is 2.31. The summed E-state index contributed by atoms with van der Waals surface area (Å²) in [6, 6.07) is 11.0. The van der Waals surface area contributed by atoms with E-state index in [1.807, 2.05) is 32.9 Å². The van der Waals surface area contributed by atoms with Crippen LogP contribution >= 0.6 is 12.2 Å². The van der Waals surface area contributed by atoms with Crippen molar-refractivity contribution in [2.45, 2.75) is 39.2 Å². The van der Waals surface area contributed by atoms with E-state index in [-0.39, 0.29) is 34.0 Å². The molecule has 7 nitrogen and oxygen atoms in total. The molecule has 3 N–H and O–H groups in total. The van der Waals surface area contributed by atoms with Crippen LogP contribution in [0, 0.1) is 27.3 Å². The molecule has 29 heavy (non-hydrogen) atoms. The standard InChI is InChI=1S/C21H22N4O3S/c1-21(2,3)28-17(26)5-4-10-27-14-8-6-13(7-9-14)18-15(11-22)19(24)25-20(29)16(18)12-23/h6-9H,4-5,10H2,1-3H3,(H3,24,25,29). The zero-order valence-corrected chi connectivity index (χ0v) is 17.4. The van der Waals surface area contributed by atoms with Gasteiger partial charge in [0.15, 0.2) is 0 Å². The maximum atomic E-state index is 11.7. The number of nitrogen functional groups attached to an aromatic ring is 1. The van der Waals surface area contributed by atoms with Crippen molar-refractivity contribution in [1.29, 1.82) is 10.5 Å². The second-order valence-corrected chi connectivity index (χ2v) is 7.69. The number of nitrogens with one attached hydrogen (secondary N) is 1. The van der Waals surface area contributed by atoms with Gasteiger partial charge < -0.3 is 20.2 Å². The van der Waals surface area contributed by atoms with Crippen LogP contribution in [0.25, 0.3) is 11.1 Å². The van der Waals surface area contributed by atoms with Crippen LogP contribution in [0.1, 0.15) is 44.7 Å². The summed E-state index contributed by atoms with van der Waals surface area (Å²) in [5.41, 5.74) is 6.74. The number of H-pyrrole nitrogens is 1. The van der Waals surface area contributed by atoms with E-state index in [0.717, 1.165) is 0 Å². The summed E-state index contributed by atoms with van der Waals surface area (Å²) < 4.78 is 11.1. The number of carbonyl (C=O) groups is 1. The van der Waals surface area contributed by atoms with Gasteiger partial charge in [-0.15, -0.1) is 0 Å². The molecule has 0 aliphatic heterocycles. The lowest BCUT2D eigenvalue weighted by Crippen LogP contribution is -2.23. The molecular weight excluding hydrogens is 388 g/mol. The van der Waals surface area contributed by atoms with Gasteiger partial charge in [0.1, 0.15) is 39.5 Å². The van der Waals surface area contributed by atoms with Crippen molar-refractivity contribution < 1.29 is 14.3 Å². The Kier molecular flexibility index (Phi) is 6.98. The number of esters is 1. The number of aromatic amines is 1. The molecule has 0 unspecified atom stereocenters. The fourth-order valence-electron chi connectivity index (χ4n) is 2.65. The molecule has 0 amide bonds. The predicted octanol–water partition coefficient (Wildman–Crippen LogP) is 4.24. The number of hydrogen-bond donors (Lipinski definition) is 2. The number of hydrogen-bond acceptors (Lipinski definition) is 7. The number of ether oxygens (including phenoxy) is 2. The molecule has 150 valence electrons. The van der Waals surface area contributed by atoms with Gasteiger partial charge in [-0.05, 0) is 44.9 Å². The minimum Gasteiger partial charge on any atom is -0.494 e. The third kappa shape index (κ3) is 5.81. The highest BCUT2D eigenvalue weighted by Gasteiger charge is 2.17. The Labute approximate surface area is 174 Å². The molecule has 2 aromatic rings. The number of benzene rings is 1. The zero-order valence-electron chi connectivity index (χ0n) is 16.5. The first-order valence-corrected chi connectivity index (χ1v) is 9.38. The van der Waals surface area contributed by atoms with Gasteiger partial charge in [0, 0.05) is 12.0 Å². The molecule has 0 aliphatic carbocycles. The van der Waals surface area contributed by atoms with Crippen molar-refractivity contribution in [1.82, 2.24) is 4.98 Å². The highest BCUT2D eigenvalue weighted by atomic mass is 32.1. The van der Waals surface area contributed by atoms with E-state index in [1.54, 1.807) is 24.3 Å². The van der Waals surface area contributed by atoms with E-state index in [0.29, 0.717) is 29.9 Å². The normalized spacial score (nSPS) is 10.7. The molecule has 0 saturated heterocycles. The fourth-order valence-corrected chi connectivity index (χ4v) is 2.91. The van der Waals surface area contributed by atoms with Crippen LogP contribution in [0.4, 0.5) is 5.82 Å². The highest BCUT2D eigenvalue weighted by molar-refractivity contribution is 7.71. The molecule has 0 radical (unpaired) electrons. The maximum Gasteiger partial charge on any atom is 0.306 e. The van der Waals surface area contributed by atoms with Gasteiger partial charge in [0.2, 0.25) is 0 Å². The van der Waals surface area contributed by atoms with E-state index >= 15 is 0 Å². The minimum absolute atomic E-state index is 0.119. The molecule has 2 rings (SSSR count). The van der Waals surface area contributed by atoms with Gasteiger partial charge in [0.25, 0.3) is 0 Å². The van der Waals surface area contributed by atoms with Gasteiger partial charge in [-0.1, -0.05) is 24.4 Å². The Morgan fingerprint density at radius 3 is 2.34 bits per heavy atom. The van der Waals surface area contributed by atoms with Crippen molar-refractivity contribution in [3.05, 3.63) is 40.0 Å². The van der Waals surface area contributed by atoms with Crippen molar-refractivity contribution in [3.63, 3.8) is 0 Å². The number of nitrogens with zero attached hydrogens (tertiary/aromatic N) is 2. The Hall–Kier alpha value is -3.36. The van der Waals surface area contributed by atoms with Gasteiger partial charge in [-0.3, -0.25) is 4.79 Å². The third-order valence-electron chi connectivity index (χ3n) is 3.83. The van der Waals surface area contributed by atoms with E-state index in [2.05, 4.69) is 4.98 Å². The van der Waals surface area contributed by atoms with Crippen LogP contribution in [0.15, 0.2) is 24.3 Å². The van der Waals surface area contributed by atoms with Crippen LogP contribution in [0.3, 0.4) is 0 Å². The topological polar surface area (TPSA) is 125 Å². The smallest absolute Gasteiger partial charge is 0.306 e. The van der Waals surface area contributed by atoms with Crippen molar-refractivity contribution >= 4 is 24.0 Å². The quantitative estimate of drug-likeness (QED) is 0.414. The Bertz CT molecular complexity index is 1040. The van der Waals surface area contributed by atoms with E-state index < -0.39 is 5.60 Å². The summed E-state index contributed by atoms with van der Waals surface area (Å²) in [4.78, 5) is 14.4. The van der Waals surface area contributed by atoms with Crippen molar-refractivity contribution in [2.75, 3.05) is 12.3 Å². The molecule has 0 spiro atoms. The van der Waals surface area contributed by atoms with Gasteiger partial charge >= 0.3 is 5.97 Å². The first-order chi connectivity index (χ1) is 13.7. The van der Waals surface area contributed by atoms with Gasteiger partial charge in [-0.2, -0.15) is 10.5 Å². The Morgan fingerprint density at radius 1 is 1.17 bits per heavy atom. The molecular formula is C21H22N4O3S. The molecule has 0 saturated carbocycles. The Balaban J connectivity index is 2.09. The molecule has 1 aromatic heterocycles. The number of pyridine rings is 1. The van der Waals surface area contributed by atoms with E-state index in [1.165, 1.54) is 0 Å². The third-order valence-corrected chi connectivity index (χ3v) is 4.13. The summed E-state index contributed by atoms with van der Waals surface area (Å²) in [7, 11) is 0. The molecule has 1 heterocycles. The number of nitriles is 2. The largest absolute Gasteiger partial charge is 0.494 e. The summed E-state index contributed by atoms with van der Waals surface area (Å²) in [6.45, 7) is 5.83. The average Bonchev–Trinajstić information content (AvgIpc) is 2.64. The van der Waals surface area contributed by atoms with Gasteiger partial charge in [0.05, 0.1) is 12.2 Å². The zero-order chi connectivity index (χ0) is 21.6. The molecule has 0 fully saturated rings. The lowest BCUT2D eigenvalue weighted by atomic mass is 9.97. The summed E-state index contributed by atoms with van der Waals surface area (Å²) in [5.74, 6) is 0.459. The molecule has 1 aromatic carbocycles. The number of carbonyl (C=O) groups excluding carboxylic acids is 1. The number of nitrogens with two attached hydrogens (primary N) is 1. The second-order valence-electron chi connectivity index (χ2n) is 7.28. The number of rotatable bonds is 6. The second kappa shape index (κ2) is 9.22. The van der Waals surface area contributed by atoms with Gasteiger partial charge in [-0.25, -0.2) is 0 Å². The SMILES string of the molecule is CC(C)(C)OC(=O)CCCOc1ccc(-c2c(C#N)c(N)[nH]c(=S)c2C#N)cc1. The Morgan fingerprint density at radius 2 is 1.79 bits per heavy atom. The first-order valence-electron chi connectivity index (χ1n) is 8.97. The fraction of sp³-hybridized carbons (Fsp3) is 0.333. The average molecular weight is 410 g/mol. The van der Waals surface area contributed by atoms with Crippen LogP contribution in [0.5, 0.6) is 5.75 Å². The lowest BCUT2D eigenvalue weighted by molar-refractivity contribution is -0.155. The van der Waals surface area contributed by atoms with Crippen molar-refractivity contribution in [3.8, 4) is 29.0 Å². The molecule has 0 bridgehead atoms. The monoisotopic (exact) mass is 410 g/mol. The minimum atomic E-state index is -0.498. The van der Waals surface area contributed by atoms with Crippen molar-refractivity contribution in [2.24, 2.45) is 0 Å². The molecule has 8 heteroatoms. The number of anilines is 1. The number of aromatic nitrogens is 1. The maximum absolute atomic E-state index is 11.7. The summed E-state index contributed by atoms with van der Waals surface area (Å²) in [6.07, 6.45) is 0.798. The van der Waals surface area contributed by atoms with E-state index in [9.17, 15) is 15.3 Å². The van der Waals surface area contributed by atoms with Crippen LogP contribution in [0.2, 0.25) is 0 Å². The van der Waals surface area contributed by atoms with E-state index in [4.69, 9.17) is 27.4 Å². The summed E-state index contributed by atoms with van der Waals surface area (Å²) >= 11 is 5.15. The lowest BCUT2D eigenvalue weighted by Gasteiger charge is -2.19. The van der Waals surface area contributed by atoms with Crippen LogP contribution in [-0.4, -0.2) is 23.2 Å². The first kappa shape index (κ1) is 21.9. The van der Waals surface area contributed by atoms with Crippen LogP contribution in [-0.2, 0) is 9.53 Å².